The Morgan fingerprint density at radius 1 is 1.35 bits per heavy atom. The van der Waals surface area contributed by atoms with E-state index >= 15 is 0 Å². The highest BCUT2D eigenvalue weighted by Crippen LogP contribution is 2.32. The molecular formula is C15H16N2O2S. The van der Waals surface area contributed by atoms with Gasteiger partial charge in [-0.15, -0.1) is 0 Å². The SMILES string of the molecule is COc1cccc(/C=C2/SC(N3CCCC3)=NC2=O)c1. The van der Waals surface area contributed by atoms with Crippen LogP contribution >= 0.6 is 11.8 Å². The molecule has 0 unspecified atom stereocenters. The standard InChI is InChI=1S/C15H16N2O2S/c1-19-12-6-4-5-11(9-12)10-13-14(18)16-15(20-13)17-7-2-3-8-17/h4-6,9-10H,2-3,7-8H2,1H3/b13-10+. The fraction of sp³-hybridized carbons (Fsp3) is 0.333. The van der Waals surface area contributed by atoms with Crippen LogP contribution in [0.5, 0.6) is 5.75 Å². The molecule has 1 fully saturated rings. The summed E-state index contributed by atoms with van der Waals surface area (Å²) in [6.45, 7) is 2.01. The first-order valence-corrected chi connectivity index (χ1v) is 7.49. The second kappa shape index (κ2) is 5.71. The summed E-state index contributed by atoms with van der Waals surface area (Å²) in [5, 5.41) is 0.849. The van der Waals surface area contributed by atoms with Crippen LogP contribution in [0.25, 0.3) is 6.08 Å². The van der Waals surface area contributed by atoms with Crippen LogP contribution in [0.4, 0.5) is 0 Å². The minimum absolute atomic E-state index is 0.139. The molecule has 4 nitrogen and oxygen atoms in total. The van der Waals surface area contributed by atoms with Gasteiger partial charge in [-0.1, -0.05) is 12.1 Å². The van der Waals surface area contributed by atoms with Crippen molar-refractivity contribution in [3.8, 4) is 5.75 Å². The summed E-state index contributed by atoms with van der Waals surface area (Å²) in [5.41, 5.74) is 0.957. The Kier molecular flexibility index (Phi) is 3.78. The van der Waals surface area contributed by atoms with Gasteiger partial charge in [-0.25, -0.2) is 0 Å². The number of ether oxygens (including phenoxy) is 1. The number of thioether (sulfide) groups is 1. The molecule has 0 spiro atoms. The van der Waals surface area contributed by atoms with Crippen LogP contribution in [0.1, 0.15) is 18.4 Å². The molecule has 3 rings (SSSR count). The van der Waals surface area contributed by atoms with Crippen LogP contribution in [0.3, 0.4) is 0 Å². The average molecular weight is 288 g/mol. The van der Waals surface area contributed by atoms with Gasteiger partial charge in [-0.3, -0.25) is 4.79 Å². The van der Waals surface area contributed by atoms with Crippen LogP contribution < -0.4 is 4.74 Å². The maximum atomic E-state index is 12.0. The second-order valence-corrected chi connectivity index (χ2v) is 5.79. The fourth-order valence-electron chi connectivity index (χ4n) is 2.32. The van der Waals surface area contributed by atoms with Crippen molar-refractivity contribution >= 4 is 28.9 Å². The summed E-state index contributed by atoms with van der Waals surface area (Å²) in [7, 11) is 1.64. The molecule has 2 aliphatic rings. The van der Waals surface area contributed by atoms with Gasteiger partial charge in [-0.2, -0.15) is 4.99 Å². The van der Waals surface area contributed by atoms with Crippen molar-refractivity contribution in [1.29, 1.82) is 0 Å². The lowest BCUT2D eigenvalue weighted by atomic mass is 10.2. The number of rotatable bonds is 2. The fourth-order valence-corrected chi connectivity index (χ4v) is 3.29. The third-order valence-electron chi connectivity index (χ3n) is 3.38. The van der Waals surface area contributed by atoms with Crippen LogP contribution in [0, 0.1) is 0 Å². The van der Waals surface area contributed by atoms with E-state index in [2.05, 4.69) is 9.89 Å². The predicted molar refractivity (Wildman–Crippen MR) is 81.8 cm³/mol. The summed E-state index contributed by atoms with van der Waals surface area (Å²) in [6.07, 6.45) is 4.24. The summed E-state index contributed by atoms with van der Waals surface area (Å²) in [5.74, 6) is 0.648. The van der Waals surface area contributed by atoms with Crippen molar-refractivity contribution < 1.29 is 9.53 Å². The van der Waals surface area contributed by atoms with E-state index in [0.29, 0.717) is 4.91 Å². The highest BCUT2D eigenvalue weighted by Gasteiger charge is 2.27. The molecule has 0 bridgehead atoms. The third-order valence-corrected chi connectivity index (χ3v) is 4.42. The van der Waals surface area contributed by atoms with E-state index in [0.717, 1.165) is 29.6 Å². The Labute approximate surface area is 122 Å². The summed E-state index contributed by atoms with van der Waals surface area (Å²) in [6, 6.07) is 7.67. The first-order valence-electron chi connectivity index (χ1n) is 6.68. The summed E-state index contributed by atoms with van der Waals surface area (Å²) in [4.78, 5) is 19.0. The van der Waals surface area contributed by atoms with Gasteiger partial charge in [0.25, 0.3) is 5.91 Å². The smallest absolute Gasteiger partial charge is 0.286 e. The highest BCUT2D eigenvalue weighted by molar-refractivity contribution is 8.18. The van der Waals surface area contributed by atoms with Crippen molar-refractivity contribution in [2.75, 3.05) is 20.2 Å². The molecule has 0 atom stereocenters. The van der Waals surface area contributed by atoms with Crippen molar-refractivity contribution in [2.24, 2.45) is 4.99 Å². The molecule has 1 aromatic carbocycles. The van der Waals surface area contributed by atoms with Gasteiger partial charge in [-0.05, 0) is 48.4 Å². The Morgan fingerprint density at radius 3 is 2.90 bits per heavy atom. The molecule has 0 saturated carbocycles. The number of carbonyl (C=O) groups is 1. The van der Waals surface area contributed by atoms with Crippen molar-refractivity contribution in [3.63, 3.8) is 0 Å². The monoisotopic (exact) mass is 288 g/mol. The summed E-state index contributed by atoms with van der Waals surface area (Å²) >= 11 is 1.47. The van der Waals surface area contributed by atoms with Gasteiger partial charge < -0.3 is 9.64 Å². The second-order valence-electron chi connectivity index (χ2n) is 4.78. The topological polar surface area (TPSA) is 41.9 Å². The minimum Gasteiger partial charge on any atom is -0.497 e. The molecule has 2 aliphatic heterocycles. The normalized spacial score (nSPS) is 20.6. The molecule has 0 radical (unpaired) electrons. The lowest BCUT2D eigenvalue weighted by Crippen LogP contribution is -2.23. The zero-order valence-electron chi connectivity index (χ0n) is 11.3. The van der Waals surface area contributed by atoms with Crippen LogP contribution in [-0.4, -0.2) is 36.2 Å². The number of hydrogen-bond acceptors (Lipinski definition) is 4. The lowest BCUT2D eigenvalue weighted by Gasteiger charge is -2.14. The van der Waals surface area contributed by atoms with Gasteiger partial charge >= 0.3 is 0 Å². The minimum atomic E-state index is -0.139. The highest BCUT2D eigenvalue weighted by atomic mass is 32.2. The van der Waals surface area contributed by atoms with E-state index in [1.54, 1.807) is 7.11 Å². The Morgan fingerprint density at radius 2 is 2.15 bits per heavy atom. The molecule has 1 amide bonds. The van der Waals surface area contributed by atoms with E-state index in [1.165, 1.54) is 24.6 Å². The number of benzene rings is 1. The largest absolute Gasteiger partial charge is 0.497 e. The van der Waals surface area contributed by atoms with Crippen molar-refractivity contribution in [2.45, 2.75) is 12.8 Å². The first kappa shape index (κ1) is 13.2. The van der Waals surface area contributed by atoms with Crippen molar-refractivity contribution in [1.82, 2.24) is 4.90 Å². The first-order chi connectivity index (χ1) is 9.76. The number of hydrogen-bond donors (Lipinski definition) is 0. The predicted octanol–water partition coefficient (Wildman–Crippen LogP) is 2.76. The van der Waals surface area contributed by atoms with Crippen LogP contribution in [0.15, 0.2) is 34.2 Å². The molecule has 0 aromatic heterocycles. The zero-order valence-corrected chi connectivity index (χ0v) is 12.2. The quantitative estimate of drug-likeness (QED) is 0.785. The van der Waals surface area contributed by atoms with Gasteiger partial charge in [0.15, 0.2) is 5.17 Å². The lowest BCUT2D eigenvalue weighted by molar-refractivity contribution is -0.113. The Hall–Kier alpha value is -1.75. The third kappa shape index (κ3) is 2.72. The number of aliphatic imine (C=N–C) groups is 1. The number of amides is 1. The molecule has 104 valence electrons. The maximum absolute atomic E-state index is 12.0. The van der Waals surface area contributed by atoms with E-state index in [1.807, 2.05) is 30.3 Å². The summed E-state index contributed by atoms with van der Waals surface area (Å²) < 4.78 is 5.19. The van der Waals surface area contributed by atoms with Crippen molar-refractivity contribution in [3.05, 3.63) is 34.7 Å². The van der Waals surface area contributed by atoms with Crippen LogP contribution in [-0.2, 0) is 4.79 Å². The Balaban J connectivity index is 1.78. The number of methoxy groups -OCH3 is 1. The molecule has 1 aromatic rings. The number of carbonyl (C=O) groups excluding carboxylic acids is 1. The molecule has 5 heteroatoms. The molecule has 0 N–H and O–H groups in total. The Bertz CT molecular complexity index is 589. The van der Waals surface area contributed by atoms with Gasteiger partial charge in [0, 0.05) is 13.1 Å². The van der Waals surface area contributed by atoms with Gasteiger partial charge in [0.05, 0.1) is 12.0 Å². The zero-order chi connectivity index (χ0) is 13.9. The van der Waals surface area contributed by atoms with Gasteiger partial charge in [0.1, 0.15) is 5.75 Å². The molecular weight excluding hydrogens is 272 g/mol. The molecule has 2 heterocycles. The van der Waals surface area contributed by atoms with E-state index < -0.39 is 0 Å². The van der Waals surface area contributed by atoms with E-state index in [9.17, 15) is 4.79 Å². The molecule has 1 saturated heterocycles. The van der Waals surface area contributed by atoms with E-state index in [-0.39, 0.29) is 5.91 Å². The van der Waals surface area contributed by atoms with Crippen LogP contribution in [0.2, 0.25) is 0 Å². The number of amidine groups is 1. The number of likely N-dealkylation sites (tertiary alicyclic amines) is 1. The maximum Gasteiger partial charge on any atom is 0.286 e. The van der Waals surface area contributed by atoms with E-state index in [4.69, 9.17) is 4.74 Å². The number of nitrogens with zero attached hydrogens (tertiary/aromatic N) is 2. The average Bonchev–Trinajstić information content (AvgIpc) is 3.10. The molecule has 20 heavy (non-hydrogen) atoms. The molecule has 0 aliphatic carbocycles. The van der Waals surface area contributed by atoms with Gasteiger partial charge in [0.2, 0.25) is 0 Å².